The molecule has 1 unspecified atom stereocenters. The fourth-order valence-electron chi connectivity index (χ4n) is 4.28. The summed E-state index contributed by atoms with van der Waals surface area (Å²) < 4.78 is 11.4. The van der Waals surface area contributed by atoms with Crippen molar-refractivity contribution in [2.45, 2.75) is 39.7 Å². The Morgan fingerprint density at radius 1 is 1.09 bits per heavy atom. The number of hydrogen-bond donors (Lipinski definition) is 0. The van der Waals surface area contributed by atoms with Gasteiger partial charge in [0.25, 0.3) is 0 Å². The van der Waals surface area contributed by atoms with Crippen molar-refractivity contribution in [1.82, 2.24) is 19.8 Å². The third-order valence-electron chi connectivity index (χ3n) is 5.85. The van der Waals surface area contributed by atoms with E-state index in [0.29, 0.717) is 38.8 Å². The number of aryl methyl sites for hydroxylation is 2. The fraction of sp³-hybridized carbons (Fsp3) is 0.500. The SMILES string of the molecule is CCOc1ccc(N2CCN(CC(=O)N3CCCC(Oc4nc(C)cc(C)n4)C3)C2=O)cc1. The van der Waals surface area contributed by atoms with Gasteiger partial charge in [-0.3, -0.25) is 9.69 Å². The van der Waals surface area contributed by atoms with Crippen LogP contribution in [0.25, 0.3) is 0 Å². The predicted octanol–water partition coefficient (Wildman–Crippen LogP) is 2.80. The molecule has 0 aliphatic carbocycles. The summed E-state index contributed by atoms with van der Waals surface area (Å²) in [5.41, 5.74) is 2.51. The minimum Gasteiger partial charge on any atom is -0.494 e. The molecule has 0 N–H and O–H groups in total. The first-order chi connectivity index (χ1) is 15.9. The Labute approximate surface area is 194 Å². The first-order valence-corrected chi connectivity index (χ1v) is 11.5. The minimum atomic E-state index is -0.154. The maximum atomic E-state index is 13.0. The van der Waals surface area contributed by atoms with E-state index in [4.69, 9.17) is 9.47 Å². The van der Waals surface area contributed by atoms with Gasteiger partial charge >= 0.3 is 12.0 Å². The molecule has 0 radical (unpaired) electrons. The van der Waals surface area contributed by atoms with Crippen LogP contribution in [0.15, 0.2) is 30.3 Å². The Morgan fingerprint density at radius 2 is 1.82 bits per heavy atom. The molecule has 0 saturated carbocycles. The standard InChI is InChI=1S/C24H31N5O4/c1-4-32-20-9-7-19(8-10-20)29-13-12-28(24(29)31)16-22(30)27-11-5-6-21(15-27)33-23-25-17(2)14-18(3)26-23/h7-10,14,21H,4-6,11-13,15-16H2,1-3H3. The Balaban J connectivity index is 1.32. The van der Waals surface area contributed by atoms with Crippen molar-refractivity contribution in [2.75, 3.05) is 44.2 Å². The number of nitrogens with zero attached hydrogens (tertiary/aromatic N) is 5. The van der Waals surface area contributed by atoms with Crippen molar-refractivity contribution in [2.24, 2.45) is 0 Å². The Hall–Kier alpha value is -3.36. The second-order valence-electron chi connectivity index (χ2n) is 8.44. The molecule has 1 aromatic carbocycles. The van der Waals surface area contributed by atoms with Crippen LogP contribution < -0.4 is 14.4 Å². The molecule has 3 heterocycles. The van der Waals surface area contributed by atoms with Crippen LogP contribution in [0, 0.1) is 13.8 Å². The number of likely N-dealkylation sites (tertiary alicyclic amines) is 1. The van der Waals surface area contributed by atoms with E-state index in [1.807, 2.05) is 51.1 Å². The number of rotatable bonds is 7. The molecule has 0 spiro atoms. The summed E-state index contributed by atoms with van der Waals surface area (Å²) in [6.45, 7) is 8.61. The van der Waals surface area contributed by atoms with Gasteiger partial charge in [0.15, 0.2) is 0 Å². The van der Waals surface area contributed by atoms with Crippen molar-refractivity contribution in [3.63, 3.8) is 0 Å². The molecule has 1 atom stereocenters. The van der Waals surface area contributed by atoms with Gasteiger partial charge in [0, 0.05) is 36.7 Å². The largest absolute Gasteiger partial charge is 0.494 e. The number of amides is 3. The molecular weight excluding hydrogens is 422 g/mol. The van der Waals surface area contributed by atoms with E-state index < -0.39 is 0 Å². The number of urea groups is 1. The molecule has 3 amide bonds. The topological polar surface area (TPSA) is 88.1 Å². The number of hydrogen-bond acceptors (Lipinski definition) is 6. The molecule has 4 rings (SSSR count). The van der Waals surface area contributed by atoms with Crippen molar-refractivity contribution >= 4 is 17.6 Å². The van der Waals surface area contributed by atoms with Gasteiger partial charge in [-0.25, -0.2) is 14.8 Å². The Morgan fingerprint density at radius 3 is 2.52 bits per heavy atom. The molecular formula is C24H31N5O4. The zero-order valence-electron chi connectivity index (χ0n) is 19.5. The van der Waals surface area contributed by atoms with Crippen LogP contribution in [-0.2, 0) is 4.79 Å². The highest BCUT2D eigenvalue weighted by atomic mass is 16.5. The molecule has 9 heteroatoms. The maximum absolute atomic E-state index is 13.0. The van der Waals surface area contributed by atoms with E-state index in [1.165, 1.54) is 0 Å². The van der Waals surface area contributed by atoms with Crippen LogP contribution in [0.1, 0.15) is 31.2 Å². The third kappa shape index (κ3) is 5.53. The third-order valence-corrected chi connectivity index (χ3v) is 5.85. The zero-order chi connectivity index (χ0) is 23.4. The average molecular weight is 454 g/mol. The van der Waals surface area contributed by atoms with Gasteiger partial charge in [-0.15, -0.1) is 0 Å². The monoisotopic (exact) mass is 453 g/mol. The van der Waals surface area contributed by atoms with Crippen LogP contribution >= 0.6 is 0 Å². The molecule has 2 saturated heterocycles. The molecule has 2 fully saturated rings. The summed E-state index contributed by atoms with van der Waals surface area (Å²) in [6.07, 6.45) is 1.53. The number of aromatic nitrogens is 2. The van der Waals surface area contributed by atoms with E-state index >= 15 is 0 Å². The quantitative estimate of drug-likeness (QED) is 0.641. The molecule has 2 aliphatic rings. The smallest absolute Gasteiger partial charge is 0.325 e. The first-order valence-electron chi connectivity index (χ1n) is 11.5. The highest BCUT2D eigenvalue weighted by molar-refractivity contribution is 5.96. The summed E-state index contributed by atoms with van der Waals surface area (Å²) >= 11 is 0. The lowest BCUT2D eigenvalue weighted by atomic mass is 10.1. The Bertz CT molecular complexity index is 977. The van der Waals surface area contributed by atoms with Crippen LogP contribution in [0.2, 0.25) is 0 Å². The highest BCUT2D eigenvalue weighted by Gasteiger charge is 2.33. The van der Waals surface area contributed by atoms with Crippen molar-refractivity contribution in [3.8, 4) is 11.8 Å². The minimum absolute atomic E-state index is 0.0634. The summed E-state index contributed by atoms with van der Waals surface area (Å²) in [6, 6.07) is 9.55. The molecule has 0 bridgehead atoms. The van der Waals surface area contributed by atoms with Crippen molar-refractivity contribution in [1.29, 1.82) is 0 Å². The highest BCUT2D eigenvalue weighted by Crippen LogP contribution is 2.24. The molecule has 33 heavy (non-hydrogen) atoms. The van der Waals surface area contributed by atoms with E-state index in [2.05, 4.69) is 9.97 Å². The molecule has 9 nitrogen and oxygen atoms in total. The van der Waals surface area contributed by atoms with Crippen molar-refractivity contribution in [3.05, 3.63) is 41.7 Å². The molecule has 2 aromatic rings. The van der Waals surface area contributed by atoms with E-state index in [-0.39, 0.29) is 24.6 Å². The molecule has 1 aromatic heterocycles. The average Bonchev–Trinajstić information content (AvgIpc) is 3.14. The van der Waals surface area contributed by atoms with Gasteiger partial charge in [0.2, 0.25) is 5.91 Å². The molecule has 176 valence electrons. The zero-order valence-corrected chi connectivity index (χ0v) is 19.5. The first kappa shape index (κ1) is 22.8. The summed E-state index contributed by atoms with van der Waals surface area (Å²) in [4.78, 5) is 39.7. The normalized spacial score (nSPS) is 18.6. The number of carbonyl (C=O) groups excluding carboxylic acids is 2. The van der Waals surface area contributed by atoms with E-state index in [9.17, 15) is 9.59 Å². The van der Waals surface area contributed by atoms with E-state index in [0.717, 1.165) is 35.7 Å². The van der Waals surface area contributed by atoms with Gasteiger partial charge < -0.3 is 19.3 Å². The predicted molar refractivity (Wildman–Crippen MR) is 124 cm³/mol. The Kier molecular flexibility index (Phi) is 6.96. The van der Waals surface area contributed by atoms with E-state index in [1.54, 1.807) is 14.7 Å². The van der Waals surface area contributed by atoms with Gasteiger partial charge in [0.05, 0.1) is 13.2 Å². The molecule has 2 aliphatic heterocycles. The fourth-order valence-corrected chi connectivity index (χ4v) is 4.28. The number of piperidine rings is 1. The number of carbonyl (C=O) groups is 2. The second kappa shape index (κ2) is 10.1. The van der Waals surface area contributed by atoms with Crippen LogP contribution in [-0.4, -0.2) is 77.1 Å². The van der Waals surface area contributed by atoms with Gasteiger partial charge in [0.1, 0.15) is 18.4 Å². The van der Waals surface area contributed by atoms with Crippen LogP contribution in [0.5, 0.6) is 11.8 Å². The number of anilines is 1. The second-order valence-corrected chi connectivity index (χ2v) is 8.44. The maximum Gasteiger partial charge on any atom is 0.325 e. The van der Waals surface area contributed by atoms with Crippen LogP contribution in [0.3, 0.4) is 0 Å². The van der Waals surface area contributed by atoms with Crippen LogP contribution in [0.4, 0.5) is 10.5 Å². The summed E-state index contributed by atoms with van der Waals surface area (Å²) in [5, 5.41) is 0. The summed E-state index contributed by atoms with van der Waals surface area (Å²) in [7, 11) is 0. The van der Waals surface area contributed by atoms with Gasteiger partial charge in [-0.2, -0.15) is 0 Å². The van der Waals surface area contributed by atoms with Crippen molar-refractivity contribution < 1.29 is 19.1 Å². The van der Waals surface area contributed by atoms with Gasteiger partial charge in [-0.05, 0) is 63.9 Å². The number of benzene rings is 1. The lowest BCUT2D eigenvalue weighted by Crippen LogP contribution is -2.48. The lowest BCUT2D eigenvalue weighted by Gasteiger charge is -2.33. The number of ether oxygens (including phenoxy) is 2. The van der Waals surface area contributed by atoms with Gasteiger partial charge in [-0.1, -0.05) is 0 Å². The summed E-state index contributed by atoms with van der Waals surface area (Å²) in [5.74, 6) is 0.708. The lowest BCUT2D eigenvalue weighted by molar-refractivity contribution is -0.134.